The number of aryl methyl sites for hydroxylation is 1. The van der Waals surface area contributed by atoms with Gasteiger partial charge in [0.1, 0.15) is 25.0 Å². The Labute approximate surface area is 106 Å². The highest BCUT2D eigenvalue weighted by Gasteiger charge is 2.11. The van der Waals surface area contributed by atoms with Gasteiger partial charge >= 0.3 is 0 Å². The van der Waals surface area contributed by atoms with Crippen molar-refractivity contribution in [3.8, 4) is 0 Å². The maximum atomic E-state index is 4.39. The third-order valence-electron chi connectivity index (χ3n) is 2.47. The second kappa shape index (κ2) is 4.85. The highest BCUT2D eigenvalue weighted by Crippen LogP contribution is 2.01. The summed E-state index contributed by atoms with van der Waals surface area (Å²) in [4.78, 5) is 8.41. The molecule has 7 nitrogen and oxygen atoms in total. The van der Waals surface area contributed by atoms with Crippen molar-refractivity contribution in [1.29, 1.82) is 0 Å². The van der Waals surface area contributed by atoms with E-state index in [-0.39, 0.29) is 5.54 Å². The second-order valence-electron chi connectivity index (χ2n) is 5.26. The summed E-state index contributed by atoms with van der Waals surface area (Å²) >= 11 is 0. The number of hydrogen-bond acceptors (Lipinski definition) is 5. The molecule has 0 atom stereocenters. The van der Waals surface area contributed by atoms with Crippen LogP contribution in [0.25, 0.3) is 0 Å². The van der Waals surface area contributed by atoms with Crippen LogP contribution in [0.1, 0.15) is 32.4 Å². The number of rotatable bonds is 4. The Morgan fingerprint density at radius 3 is 2.67 bits per heavy atom. The Morgan fingerprint density at radius 2 is 2.06 bits per heavy atom. The molecule has 0 unspecified atom stereocenters. The van der Waals surface area contributed by atoms with E-state index < -0.39 is 0 Å². The van der Waals surface area contributed by atoms with Crippen LogP contribution in [0.4, 0.5) is 0 Å². The predicted octanol–water partition coefficient (Wildman–Crippen LogP) is 0.343. The van der Waals surface area contributed by atoms with Crippen molar-refractivity contribution in [1.82, 2.24) is 34.8 Å². The Bertz CT molecular complexity index is 505. The molecule has 1 N–H and O–H groups in total. The lowest BCUT2D eigenvalue weighted by Crippen LogP contribution is -2.35. The van der Waals surface area contributed by atoms with Crippen LogP contribution in [0.5, 0.6) is 0 Å². The summed E-state index contributed by atoms with van der Waals surface area (Å²) in [7, 11) is 1.86. The fourth-order valence-electron chi connectivity index (χ4n) is 1.44. The molecule has 0 amide bonds. The molecule has 0 fully saturated rings. The van der Waals surface area contributed by atoms with Crippen LogP contribution < -0.4 is 5.32 Å². The van der Waals surface area contributed by atoms with Gasteiger partial charge in [-0.15, -0.1) is 0 Å². The minimum absolute atomic E-state index is 0.0645. The first-order chi connectivity index (χ1) is 8.44. The van der Waals surface area contributed by atoms with Gasteiger partial charge in [0.2, 0.25) is 0 Å². The van der Waals surface area contributed by atoms with Crippen molar-refractivity contribution >= 4 is 0 Å². The summed E-state index contributed by atoms with van der Waals surface area (Å²) in [5.74, 6) is 1.64. The van der Waals surface area contributed by atoms with Gasteiger partial charge in [-0.3, -0.25) is 4.68 Å². The van der Waals surface area contributed by atoms with E-state index in [1.165, 1.54) is 6.33 Å². The van der Waals surface area contributed by atoms with Crippen LogP contribution in [0.2, 0.25) is 0 Å². The van der Waals surface area contributed by atoms with Crippen LogP contribution in [-0.4, -0.2) is 35.1 Å². The van der Waals surface area contributed by atoms with Crippen LogP contribution in [0.15, 0.2) is 12.7 Å². The van der Waals surface area contributed by atoms with Crippen LogP contribution in [0.3, 0.4) is 0 Å². The van der Waals surface area contributed by atoms with E-state index in [4.69, 9.17) is 0 Å². The average Bonchev–Trinajstić information content (AvgIpc) is 2.86. The largest absolute Gasteiger partial charge is 0.305 e. The lowest BCUT2D eigenvalue weighted by atomic mass is 10.1. The van der Waals surface area contributed by atoms with Gasteiger partial charge in [-0.1, -0.05) is 0 Å². The molecule has 0 aromatic carbocycles. The van der Waals surface area contributed by atoms with Gasteiger partial charge in [-0.25, -0.2) is 14.6 Å². The third kappa shape index (κ3) is 3.36. The molecule has 0 aliphatic rings. The minimum atomic E-state index is 0.0645. The van der Waals surface area contributed by atoms with Crippen molar-refractivity contribution in [2.24, 2.45) is 7.05 Å². The molecule has 98 valence electrons. The monoisotopic (exact) mass is 249 g/mol. The zero-order valence-corrected chi connectivity index (χ0v) is 11.3. The molecule has 2 aromatic heterocycles. The fourth-order valence-corrected chi connectivity index (χ4v) is 1.44. The molecule has 2 aromatic rings. The average molecular weight is 249 g/mol. The van der Waals surface area contributed by atoms with E-state index in [9.17, 15) is 0 Å². The van der Waals surface area contributed by atoms with E-state index in [1.807, 2.05) is 7.05 Å². The molecular formula is C11H19N7. The molecule has 2 rings (SSSR count). The molecule has 0 radical (unpaired) electrons. The predicted molar refractivity (Wildman–Crippen MR) is 66.7 cm³/mol. The third-order valence-corrected chi connectivity index (χ3v) is 2.47. The van der Waals surface area contributed by atoms with Crippen molar-refractivity contribution in [3.05, 3.63) is 24.3 Å². The Morgan fingerprint density at radius 1 is 1.28 bits per heavy atom. The zero-order valence-electron chi connectivity index (χ0n) is 11.3. The number of nitrogens with zero attached hydrogens (tertiary/aromatic N) is 6. The van der Waals surface area contributed by atoms with E-state index >= 15 is 0 Å². The highest BCUT2D eigenvalue weighted by molar-refractivity contribution is 4.88. The van der Waals surface area contributed by atoms with Gasteiger partial charge in [0.15, 0.2) is 5.82 Å². The smallest absolute Gasteiger partial charge is 0.164 e. The Kier molecular flexibility index (Phi) is 3.42. The summed E-state index contributed by atoms with van der Waals surface area (Å²) in [5.41, 5.74) is 0.0645. The lowest BCUT2D eigenvalue weighted by molar-refractivity contribution is 0.416. The summed E-state index contributed by atoms with van der Waals surface area (Å²) in [6.45, 7) is 7.59. The number of hydrogen-bond donors (Lipinski definition) is 1. The maximum Gasteiger partial charge on any atom is 0.164 e. The first-order valence-electron chi connectivity index (χ1n) is 5.90. The molecule has 7 heteroatoms. The molecule has 0 aliphatic carbocycles. The first kappa shape index (κ1) is 12.7. The van der Waals surface area contributed by atoms with Crippen LogP contribution in [0, 0.1) is 0 Å². The molecule has 18 heavy (non-hydrogen) atoms. The van der Waals surface area contributed by atoms with Crippen molar-refractivity contribution in [2.75, 3.05) is 0 Å². The van der Waals surface area contributed by atoms with Gasteiger partial charge in [-0.05, 0) is 20.8 Å². The first-order valence-corrected chi connectivity index (χ1v) is 5.90. The van der Waals surface area contributed by atoms with Gasteiger partial charge in [0, 0.05) is 12.6 Å². The minimum Gasteiger partial charge on any atom is -0.305 e. The van der Waals surface area contributed by atoms with Gasteiger partial charge < -0.3 is 5.32 Å². The Balaban J connectivity index is 1.96. The molecular weight excluding hydrogens is 230 g/mol. The van der Waals surface area contributed by atoms with Crippen molar-refractivity contribution in [2.45, 2.75) is 39.4 Å². The van der Waals surface area contributed by atoms with Gasteiger partial charge in [-0.2, -0.15) is 10.2 Å². The van der Waals surface area contributed by atoms with E-state index in [0.29, 0.717) is 13.1 Å². The van der Waals surface area contributed by atoms with Crippen molar-refractivity contribution < 1.29 is 0 Å². The lowest BCUT2D eigenvalue weighted by Gasteiger charge is -2.19. The van der Waals surface area contributed by atoms with Crippen LogP contribution in [-0.2, 0) is 20.1 Å². The molecule has 0 spiro atoms. The molecule has 0 saturated carbocycles. The highest BCUT2D eigenvalue weighted by atomic mass is 15.4. The van der Waals surface area contributed by atoms with E-state index in [2.05, 4.69) is 46.3 Å². The zero-order chi connectivity index (χ0) is 13.2. The molecule has 0 bridgehead atoms. The van der Waals surface area contributed by atoms with Gasteiger partial charge in [0.05, 0.1) is 6.54 Å². The van der Waals surface area contributed by atoms with E-state index in [0.717, 1.165) is 11.6 Å². The summed E-state index contributed by atoms with van der Waals surface area (Å²) in [5, 5.41) is 11.8. The van der Waals surface area contributed by atoms with Gasteiger partial charge in [0.25, 0.3) is 0 Å². The molecule has 0 aliphatic heterocycles. The Hall–Kier alpha value is -1.76. The van der Waals surface area contributed by atoms with Crippen molar-refractivity contribution in [3.63, 3.8) is 0 Å². The van der Waals surface area contributed by atoms with E-state index in [1.54, 1.807) is 15.7 Å². The van der Waals surface area contributed by atoms with Crippen LogP contribution >= 0.6 is 0 Å². The standard InChI is InChI=1S/C11H19N7/c1-11(2,3)14-5-9-13-8-18(16-9)6-10-12-7-15-17(10)4/h7-8,14H,5-6H2,1-4H3. The quantitative estimate of drug-likeness (QED) is 0.846. The second-order valence-corrected chi connectivity index (χ2v) is 5.26. The summed E-state index contributed by atoms with van der Waals surface area (Å²) < 4.78 is 3.50. The fraction of sp³-hybridized carbons (Fsp3) is 0.636. The summed E-state index contributed by atoms with van der Waals surface area (Å²) in [6, 6.07) is 0. The number of nitrogens with one attached hydrogen (secondary N) is 1. The maximum absolute atomic E-state index is 4.39. The molecule has 2 heterocycles. The normalized spacial score (nSPS) is 12.0. The topological polar surface area (TPSA) is 73.5 Å². The SMILES string of the molecule is Cn1ncnc1Cn1cnc(CNC(C)(C)C)n1. The molecule has 0 saturated heterocycles. The summed E-state index contributed by atoms with van der Waals surface area (Å²) in [6.07, 6.45) is 3.25. The number of aromatic nitrogens is 6.